The van der Waals surface area contributed by atoms with Gasteiger partial charge in [0, 0.05) is 31.4 Å². The Morgan fingerprint density at radius 1 is 1.06 bits per heavy atom. The van der Waals surface area contributed by atoms with E-state index in [1.807, 2.05) is 6.07 Å². The smallest absolute Gasteiger partial charge is 0.0187 e. The molecule has 0 amide bonds. The van der Waals surface area contributed by atoms with Crippen molar-refractivity contribution in [3.05, 3.63) is 59.9 Å². The van der Waals surface area contributed by atoms with Crippen LogP contribution >= 0.6 is 0 Å². The fourth-order valence-electron chi connectivity index (χ4n) is 1.97. The van der Waals surface area contributed by atoms with Crippen LogP contribution in [0.5, 0.6) is 0 Å². The average Bonchev–Trinajstić information content (AvgIpc) is 2.66. The highest BCUT2D eigenvalue weighted by molar-refractivity contribution is 5.17. The molecular weight excluding hydrogens is 196 g/mol. The van der Waals surface area contributed by atoms with Gasteiger partial charge in [-0.25, -0.2) is 0 Å². The van der Waals surface area contributed by atoms with Gasteiger partial charge < -0.3 is 10.3 Å². The monoisotopic (exact) mass is 214 g/mol. The normalized spacial score (nSPS) is 12.6. The summed E-state index contributed by atoms with van der Waals surface area (Å²) in [6, 6.07) is 14.8. The lowest BCUT2D eigenvalue weighted by Crippen LogP contribution is -2.26. The fourth-order valence-corrected chi connectivity index (χ4v) is 1.97. The van der Waals surface area contributed by atoms with Crippen LogP contribution in [0.4, 0.5) is 0 Å². The summed E-state index contributed by atoms with van der Waals surface area (Å²) in [5, 5.41) is 0. The van der Waals surface area contributed by atoms with Gasteiger partial charge in [0.2, 0.25) is 0 Å². The molecule has 1 atom stereocenters. The lowest BCUT2D eigenvalue weighted by molar-refractivity contribution is 0.636. The molecule has 1 unspecified atom stereocenters. The second kappa shape index (κ2) is 4.99. The maximum Gasteiger partial charge on any atom is 0.0187 e. The third-order valence-electron chi connectivity index (χ3n) is 2.86. The zero-order valence-corrected chi connectivity index (χ0v) is 9.63. The molecule has 0 bridgehead atoms. The van der Waals surface area contributed by atoms with Crippen molar-refractivity contribution < 1.29 is 0 Å². The van der Waals surface area contributed by atoms with Crippen LogP contribution in [0.25, 0.3) is 0 Å². The lowest BCUT2D eigenvalue weighted by Gasteiger charge is -2.12. The second-order valence-electron chi connectivity index (χ2n) is 4.26. The van der Waals surface area contributed by atoms with E-state index in [2.05, 4.69) is 54.2 Å². The highest BCUT2D eigenvalue weighted by Gasteiger charge is 2.06. The predicted octanol–water partition coefficient (Wildman–Crippen LogP) is 2.14. The first-order valence-electron chi connectivity index (χ1n) is 5.65. The van der Waals surface area contributed by atoms with Crippen LogP contribution in [0.15, 0.2) is 48.7 Å². The molecule has 0 spiro atoms. The zero-order chi connectivity index (χ0) is 11.4. The van der Waals surface area contributed by atoms with Crippen molar-refractivity contribution >= 4 is 0 Å². The first-order chi connectivity index (χ1) is 7.75. The molecule has 0 saturated heterocycles. The zero-order valence-electron chi connectivity index (χ0n) is 9.63. The van der Waals surface area contributed by atoms with Gasteiger partial charge in [0.25, 0.3) is 0 Å². The second-order valence-corrected chi connectivity index (χ2v) is 4.26. The predicted molar refractivity (Wildman–Crippen MR) is 67.2 cm³/mol. The number of aromatic nitrogens is 1. The van der Waals surface area contributed by atoms with Crippen LogP contribution in [0.2, 0.25) is 0 Å². The molecule has 2 nitrogen and oxygen atoms in total. The van der Waals surface area contributed by atoms with E-state index in [0.717, 1.165) is 12.8 Å². The first-order valence-corrected chi connectivity index (χ1v) is 5.65. The Morgan fingerprint density at radius 2 is 1.81 bits per heavy atom. The maximum absolute atomic E-state index is 6.15. The van der Waals surface area contributed by atoms with Crippen molar-refractivity contribution in [1.82, 2.24) is 4.57 Å². The first kappa shape index (κ1) is 11.0. The van der Waals surface area contributed by atoms with Crippen molar-refractivity contribution in [2.75, 3.05) is 0 Å². The highest BCUT2D eigenvalue weighted by Crippen LogP contribution is 2.07. The van der Waals surface area contributed by atoms with Crippen molar-refractivity contribution in [3.63, 3.8) is 0 Å². The Bertz CT molecular complexity index is 431. The Kier molecular flexibility index (Phi) is 3.42. The molecule has 1 aromatic heterocycles. The molecule has 16 heavy (non-hydrogen) atoms. The topological polar surface area (TPSA) is 30.9 Å². The van der Waals surface area contributed by atoms with Crippen LogP contribution < -0.4 is 5.73 Å². The fraction of sp³-hybridized carbons (Fsp3) is 0.286. The maximum atomic E-state index is 6.15. The van der Waals surface area contributed by atoms with Gasteiger partial charge in [0.15, 0.2) is 0 Å². The lowest BCUT2D eigenvalue weighted by atomic mass is 10.0. The molecule has 0 aliphatic rings. The van der Waals surface area contributed by atoms with Crippen LogP contribution in [0.3, 0.4) is 0 Å². The molecular formula is C14H18N2. The van der Waals surface area contributed by atoms with E-state index in [9.17, 15) is 0 Å². The molecule has 0 fully saturated rings. The number of hydrogen-bond donors (Lipinski definition) is 1. The van der Waals surface area contributed by atoms with E-state index >= 15 is 0 Å². The van der Waals surface area contributed by atoms with Crippen LogP contribution in [-0.2, 0) is 19.9 Å². The molecule has 1 heterocycles. The standard InChI is InChI=1S/C14H18N2/c1-16-9-5-8-14(16)11-13(15)10-12-6-3-2-4-7-12/h2-9,13H,10-11,15H2,1H3. The summed E-state index contributed by atoms with van der Waals surface area (Å²) in [5.41, 5.74) is 8.76. The Morgan fingerprint density at radius 3 is 2.44 bits per heavy atom. The Hall–Kier alpha value is -1.54. The Balaban J connectivity index is 1.95. The van der Waals surface area contributed by atoms with E-state index in [0.29, 0.717) is 0 Å². The molecule has 1 aromatic carbocycles. The summed E-state index contributed by atoms with van der Waals surface area (Å²) < 4.78 is 2.13. The number of nitrogens with zero attached hydrogens (tertiary/aromatic N) is 1. The van der Waals surface area contributed by atoms with Gasteiger partial charge in [-0.2, -0.15) is 0 Å². The highest BCUT2D eigenvalue weighted by atomic mass is 14.9. The third kappa shape index (κ3) is 2.74. The minimum atomic E-state index is 0.191. The number of aryl methyl sites for hydroxylation is 1. The van der Waals surface area contributed by atoms with Crippen LogP contribution in [-0.4, -0.2) is 10.6 Å². The quantitative estimate of drug-likeness (QED) is 0.830. The molecule has 2 N–H and O–H groups in total. The number of hydrogen-bond acceptors (Lipinski definition) is 1. The average molecular weight is 214 g/mol. The van der Waals surface area contributed by atoms with Gasteiger partial charge in [-0.3, -0.25) is 0 Å². The molecule has 2 heteroatoms. The van der Waals surface area contributed by atoms with Gasteiger partial charge >= 0.3 is 0 Å². The molecule has 84 valence electrons. The van der Waals surface area contributed by atoms with Gasteiger partial charge in [0.1, 0.15) is 0 Å². The summed E-state index contributed by atoms with van der Waals surface area (Å²) in [6.07, 6.45) is 3.93. The summed E-state index contributed by atoms with van der Waals surface area (Å²) in [6.45, 7) is 0. The SMILES string of the molecule is Cn1cccc1CC(N)Cc1ccccc1. The largest absolute Gasteiger partial charge is 0.354 e. The Labute approximate surface area is 96.7 Å². The van der Waals surface area contributed by atoms with E-state index in [1.165, 1.54) is 11.3 Å². The number of nitrogens with two attached hydrogens (primary N) is 1. The van der Waals surface area contributed by atoms with Crippen molar-refractivity contribution in [2.24, 2.45) is 12.8 Å². The molecule has 2 aromatic rings. The van der Waals surface area contributed by atoms with Crippen molar-refractivity contribution in [3.8, 4) is 0 Å². The molecule has 0 saturated carbocycles. The third-order valence-corrected chi connectivity index (χ3v) is 2.86. The molecule has 2 rings (SSSR count). The number of benzene rings is 1. The summed E-state index contributed by atoms with van der Waals surface area (Å²) >= 11 is 0. The molecule has 0 aliphatic carbocycles. The van der Waals surface area contributed by atoms with E-state index in [4.69, 9.17) is 5.73 Å². The summed E-state index contributed by atoms with van der Waals surface area (Å²) in [5.74, 6) is 0. The van der Waals surface area contributed by atoms with E-state index in [-0.39, 0.29) is 6.04 Å². The summed E-state index contributed by atoms with van der Waals surface area (Å²) in [7, 11) is 2.06. The van der Waals surface area contributed by atoms with Gasteiger partial charge in [-0.1, -0.05) is 30.3 Å². The van der Waals surface area contributed by atoms with Gasteiger partial charge in [0.05, 0.1) is 0 Å². The minimum absolute atomic E-state index is 0.191. The van der Waals surface area contributed by atoms with Crippen LogP contribution in [0, 0.1) is 0 Å². The van der Waals surface area contributed by atoms with Gasteiger partial charge in [-0.05, 0) is 24.1 Å². The van der Waals surface area contributed by atoms with E-state index in [1.54, 1.807) is 0 Å². The molecule has 0 aliphatic heterocycles. The van der Waals surface area contributed by atoms with Crippen molar-refractivity contribution in [2.45, 2.75) is 18.9 Å². The molecule has 0 radical (unpaired) electrons. The summed E-state index contributed by atoms with van der Waals surface area (Å²) in [4.78, 5) is 0. The van der Waals surface area contributed by atoms with Gasteiger partial charge in [-0.15, -0.1) is 0 Å². The van der Waals surface area contributed by atoms with Crippen LogP contribution in [0.1, 0.15) is 11.3 Å². The van der Waals surface area contributed by atoms with E-state index < -0.39 is 0 Å². The number of rotatable bonds is 4. The minimum Gasteiger partial charge on any atom is -0.354 e. The van der Waals surface area contributed by atoms with Crippen molar-refractivity contribution in [1.29, 1.82) is 0 Å².